The summed E-state index contributed by atoms with van der Waals surface area (Å²) in [6, 6.07) is 1.22. The molecule has 8 heteroatoms. The molecule has 7 nitrogen and oxygen atoms in total. The highest BCUT2D eigenvalue weighted by atomic mass is 32.2. The molecule has 1 saturated carbocycles. The highest BCUT2D eigenvalue weighted by molar-refractivity contribution is 7.89. The van der Waals surface area contributed by atoms with E-state index in [1.54, 1.807) is 7.05 Å². The third-order valence-electron chi connectivity index (χ3n) is 3.11. The Morgan fingerprint density at radius 1 is 1.58 bits per heavy atom. The Kier molecular flexibility index (Phi) is 3.66. The minimum absolute atomic E-state index is 0.0316. The molecular weight excluding hydrogens is 270 g/mol. The zero-order chi connectivity index (χ0) is 14.2. The number of primary amides is 1. The van der Waals surface area contributed by atoms with Gasteiger partial charge in [-0.15, -0.1) is 0 Å². The molecule has 1 aromatic heterocycles. The van der Waals surface area contributed by atoms with Crippen molar-refractivity contribution in [2.24, 2.45) is 12.8 Å². The number of aryl methyl sites for hydroxylation is 1. The van der Waals surface area contributed by atoms with Crippen molar-refractivity contribution >= 4 is 15.9 Å². The Morgan fingerprint density at radius 3 is 2.63 bits per heavy atom. The number of carbonyl (C=O) groups excluding carboxylic acids is 1. The predicted octanol–water partition coefficient (Wildman–Crippen LogP) is -0.731. The number of aromatic nitrogens is 1. The fraction of sp³-hybridized carbons (Fsp3) is 0.545. The summed E-state index contributed by atoms with van der Waals surface area (Å²) in [4.78, 5) is 11.2. The lowest BCUT2D eigenvalue weighted by Crippen LogP contribution is -2.35. The van der Waals surface area contributed by atoms with Crippen LogP contribution in [0.1, 0.15) is 23.3 Å². The van der Waals surface area contributed by atoms with Crippen LogP contribution in [-0.2, 0) is 17.1 Å². The van der Waals surface area contributed by atoms with Gasteiger partial charge >= 0.3 is 0 Å². The maximum Gasteiger partial charge on any atom is 0.265 e. The summed E-state index contributed by atoms with van der Waals surface area (Å²) >= 11 is 0. The maximum absolute atomic E-state index is 12.4. The van der Waals surface area contributed by atoms with Crippen LogP contribution in [0.4, 0.5) is 0 Å². The zero-order valence-electron chi connectivity index (χ0n) is 10.6. The van der Waals surface area contributed by atoms with Gasteiger partial charge in [0, 0.05) is 25.8 Å². The van der Waals surface area contributed by atoms with Gasteiger partial charge in [0.1, 0.15) is 10.6 Å². The highest BCUT2D eigenvalue weighted by Gasteiger charge is 2.38. The van der Waals surface area contributed by atoms with Crippen LogP contribution < -0.4 is 5.73 Å². The average Bonchev–Trinajstić information content (AvgIpc) is 3.07. The van der Waals surface area contributed by atoms with Gasteiger partial charge in [0.25, 0.3) is 5.91 Å². The van der Waals surface area contributed by atoms with Crippen molar-refractivity contribution in [3.05, 3.63) is 18.0 Å². The minimum Gasteiger partial charge on any atom is -0.395 e. The Balaban J connectivity index is 2.37. The van der Waals surface area contributed by atoms with E-state index in [1.165, 1.54) is 21.1 Å². The summed E-state index contributed by atoms with van der Waals surface area (Å²) in [5.74, 6) is -0.677. The number of sulfonamides is 1. The topological polar surface area (TPSA) is 106 Å². The van der Waals surface area contributed by atoms with Crippen LogP contribution in [0.2, 0.25) is 0 Å². The first kappa shape index (κ1) is 14.0. The van der Waals surface area contributed by atoms with E-state index in [0.717, 1.165) is 12.8 Å². The van der Waals surface area contributed by atoms with Crippen LogP contribution in [0.5, 0.6) is 0 Å². The number of hydrogen-bond donors (Lipinski definition) is 2. The lowest BCUT2D eigenvalue weighted by molar-refractivity contribution is 0.0992. The summed E-state index contributed by atoms with van der Waals surface area (Å²) in [5, 5.41) is 8.99. The largest absolute Gasteiger partial charge is 0.395 e. The number of amides is 1. The standard InChI is InChI=1S/C11H17N3O4S/c1-13-7-9(6-10(13)11(12)16)19(17,18)14(4-5-15)8-2-3-8/h6-8,15H,2-5H2,1H3,(H2,12,16). The molecule has 1 aliphatic carbocycles. The zero-order valence-corrected chi connectivity index (χ0v) is 11.4. The number of nitrogens with zero attached hydrogens (tertiary/aromatic N) is 2. The first-order valence-electron chi connectivity index (χ1n) is 5.97. The average molecular weight is 287 g/mol. The minimum atomic E-state index is -3.69. The van der Waals surface area contributed by atoms with Gasteiger partial charge in [0.2, 0.25) is 10.0 Å². The molecule has 106 valence electrons. The van der Waals surface area contributed by atoms with Crippen molar-refractivity contribution in [2.45, 2.75) is 23.8 Å². The molecule has 0 atom stereocenters. The summed E-state index contributed by atoms with van der Waals surface area (Å²) in [6.45, 7) is -0.168. The molecule has 3 N–H and O–H groups in total. The van der Waals surface area contributed by atoms with Gasteiger partial charge in [-0.05, 0) is 18.9 Å². The van der Waals surface area contributed by atoms with Crippen LogP contribution in [0.25, 0.3) is 0 Å². The van der Waals surface area contributed by atoms with E-state index >= 15 is 0 Å². The molecule has 1 aromatic rings. The fourth-order valence-electron chi connectivity index (χ4n) is 2.02. The summed E-state index contributed by atoms with van der Waals surface area (Å²) in [6.07, 6.45) is 2.96. The van der Waals surface area contributed by atoms with Crippen LogP contribution in [0, 0.1) is 0 Å². The number of carbonyl (C=O) groups is 1. The third kappa shape index (κ3) is 2.65. The fourth-order valence-corrected chi connectivity index (χ4v) is 3.76. The summed E-state index contributed by atoms with van der Waals surface area (Å²) < 4.78 is 27.6. The summed E-state index contributed by atoms with van der Waals surface area (Å²) in [5.41, 5.74) is 5.31. The molecule has 0 unspecified atom stereocenters. The molecule has 1 aliphatic rings. The molecule has 1 amide bonds. The van der Waals surface area contributed by atoms with Crippen molar-refractivity contribution in [1.29, 1.82) is 0 Å². The molecule has 0 aliphatic heterocycles. The van der Waals surface area contributed by atoms with Gasteiger partial charge in [0.05, 0.1) is 6.61 Å². The second-order valence-corrected chi connectivity index (χ2v) is 6.50. The number of hydrogen-bond acceptors (Lipinski definition) is 4. The summed E-state index contributed by atoms with van der Waals surface area (Å²) in [7, 11) is -2.13. The van der Waals surface area contributed by atoms with E-state index in [1.807, 2.05) is 0 Å². The maximum atomic E-state index is 12.4. The van der Waals surface area contributed by atoms with E-state index < -0.39 is 15.9 Å². The Hall–Kier alpha value is -1.38. The number of aliphatic hydroxyl groups is 1. The van der Waals surface area contributed by atoms with Crippen LogP contribution in [0.15, 0.2) is 17.2 Å². The molecule has 1 heterocycles. The van der Waals surface area contributed by atoms with E-state index in [4.69, 9.17) is 10.8 Å². The molecule has 19 heavy (non-hydrogen) atoms. The van der Waals surface area contributed by atoms with Crippen molar-refractivity contribution in [3.63, 3.8) is 0 Å². The number of nitrogens with two attached hydrogens (primary N) is 1. The Morgan fingerprint density at radius 2 is 2.21 bits per heavy atom. The lowest BCUT2D eigenvalue weighted by Gasteiger charge is -2.19. The first-order valence-corrected chi connectivity index (χ1v) is 7.41. The van der Waals surface area contributed by atoms with Crippen LogP contribution in [-0.4, -0.2) is 47.5 Å². The first-order chi connectivity index (χ1) is 8.87. The van der Waals surface area contributed by atoms with Crippen LogP contribution in [0.3, 0.4) is 0 Å². The van der Waals surface area contributed by atoms with Crippen LogP contribution >= 0.6 is 0 Å². The smallest absolute Gasteiger partial charge is 0.265 e. The molecule has 0 spiro atoms. The third-order valence-corrected chi connectivity index (χ3v) is 5.03. The quantitative estimate of drug-likeness (QED) is 0.719. The molecule has 0 saturated heterocycles. The van der Waals surface area contributed by atoms with E-state index in [0.29, 0.717) is 0 Å². The predicted molar refractivity (Wildman–Crippen MR) is 67.9 cm³/mol. The van der Waals surface area contributed by atoms with Crippen molar-refractivity contribution < 1.29 is 18.3 Å². The Bertz CT molecular complexity index is 589. The van der Waals surface area contributed by atoms with E-state index in [-0.39, 0.29) is 29.8 Å². The second-order valence-electron chi connectivity index (χ2n) is 4.61. The van der Waals surface area contributed by atoms with Crippen molar-refractivity contribution in [2.75, 3.05) is 13.2 Å². The number of rotatable bonds is 6. The highest BCUT2D eigenvalue weighted by Crippen LogP contribution is 2.32. The van der Waals surface area contributed by atoms with Gasteiger partial charge in [-0.2, -0.15) is 4.31 Å². The van der Waals surface area contributed by atoms with Gasteiger partial charge in [0.15, 0.2) is 0 Å². The van der Waals surface area contributed by atoms with Gasteiger partial charge in [-0.1, -0.05) is 0 Å². The van der Waals surface area contributed by atoms with E-state index in [2.05, 4.69) is 0 Å². The van der Waals surface area contributed by atoms with Gasteiger partial charge in [-0.25, -0.2) is 8.42 Å². The molecule has 1 fully saturated rings. The Labute approximate surface area is 111 Å². The molecule has 0 bridgehead atoms. The molecule has 2 rings (SSSR count). The SMILES string of the molecule is Cn1cc(S(=O)(=O)N(CCO)C2CC2)cc1C(N)=O. The van der Waals surface area contributed by atoms with E-state index in [9.17, 15) is 13.2 Å². The second kappa shape index (κ2) is 4.95. The normalized spacial score (nSPS) is 15.9. The van der Waals surface area contributed by atoms with Gasteiger partial charge < -0.3 is 15.4 Å². The number of aliphatic hydroxyl groups excluding tert-OH is 1. The van der Waals surface area contributed by atoms with Crippen molar-refractivity contribution in [1.82, 2.24) is 8.87 Å². The monoisotopic (exact) mass is 287 g/mol. The molecule has 0 radical (unpaired) electrons. The van der Waals surface area contributed by atoms with Crippen molar-refractivity contribution in [3.8, 4) is 0 Å². The lowest BCUT2D eigenvalue weighted by atomic mass is 10.4. The molecular formula is C11H17N3O4S. The van der Waals surface area contributed by atoms with Gasteiger partial charge in [-0.3, -0.25) is 4.79 Å². The molecule has 0 aromatic carbocycles.